The van der Waals surface area contributed by atoms with Crippen LogP contribution in [0.4, 0.5) is 5.69 Å². The van der Waals surface area contributed by atoms with E-state index in [0.29, 0.717) is 12.1 Å². The summed E-state index contributed by atoms with van der Waals surface area (Å²) in [5.74, 6) is -0.271. The summed E-state index contributed by atoms with van der Waals surface area (Å²) in [6.45, 7) is 0. The fourth-order valence-electron chi connectivity index (χ4n) is 1.80. The SMILES string of the molecule is NC(=O)c1cc(NC2CCS(=O)(=O)C2)ccn1. The summed E-state index contributed by atoms with van der Waals surface area (Å²) in [5, 5.41) is 3.06. The van der Waals surface area contributed by atoms with Crippen LogP contribution in [0.5, 0.6) is 0 Å². The van der Waals surface area contributed by atoms with Crippen LogP contribution in [0.25, 0.3) is 0 Å². The van der Waals surface area contributed by atoms with Crippen molar-refractivity contribution in [2.24, 2.45) is 5.73 Å². The number of rotatable bonds is 3. The first kappa shape index (κ1) is 11.8. The lowest BCUT2D eigenvalue weighted by Gasteiger charge is -2.12. The average Bonchev–Trinajstić information content (AvgIpc) is 2.58. The number of sulfone groups is 1. The standard InChI is InChI=1S/C10H13N3O3S/c11-10(14)9-5-7(1-3-12-9)13-8-2-4-17(15,16)6-8/h1,3,5,8H,2,4,6H2,(H2,11,14)(H,12,13). The highest BCUT2D eigenvalue weighted by Crippen LogP contribution is 2.17. The van der Waals surface area contributed by atoms with Gasteiger partial charge in [-0.3, -0.25) is 9.78 Å². The molecule has 0 aliphatic carbocycles. The van der Waals surface area contributed by atoms with Crippen LogP contribution in [0.1, 0.15) is 16.9 Å². The van der Waals surface area contributed by atoms with Gasteiger partial charge >= 0.3 is 0 Å². The molecule has 6 nitrogen and oxygen atoms in total. The van der Waals surface area contributed by atoms with E-state index in [4.69, 9.17) is 5.73 Å². The summed E-state index contributed by atoms with van der Waals surface area (Å²) in [6.07, 6.45) is 2.04. The molecule has 1 amide bonds. The first-order chi connectivity index (χ1) is 7.96. The smallest absolute Gasteiger partial charge is 0.267 e. The van der Waals surface area contributed by atoms with Crippen molar-refractivity contribution >= 4 is 21.4 Å². The maximum atomic E-state index is 11.3. The molecule has 0 radical (unpaired) electrons. The highest BCUT2D eigenvalue weighted by atomic mass is 32.2. The number of hydrogen-bond donors (Lipinski definition) is 2. The van der Waals surface area contributed by atoms with E-state index >= 15 is 0 Å². The van der Waals surface area contributed by atoms with Crippen molar-refractivity contribution in [3.05, 3.63) is 24.0 Å². The average molecular weight is 255 g/mol. The second-order valence-corrected chi connectivity index (χ2v) is 6.27. The van der Waals surface area contributed by atoms with Crippen molar-refractivity contribution < 1.29 is 13.2 Å². The van der Waals surface area contributed by atoms with Gasteiger partial charge in [0.2, 0.25) is 0 Å². The van der Waals surface area contributed by atoms with Gasteiger partial charge in [-0.2, -0.15) is 0 Å². The second-order valence-electron chi connectivity index (χ2n) is 4.04. The summed E-state index contributed by atoms with van der Waals surface area (Å²) in [7, 11) is -2.91. The van der Waals surface area contributed by atoms with Gasteiger partial charge in [0.15, 0.2) is 9.84 Å². The van der Waals surface area contributed by atoms with Gasteiger partial charge in [-0.15, -0.1) is 0 Å². The molecule has 1 aliphatic heterocycles. The molecule has 1 atom stereocenters. The molecule has 92 valence electrons. The molecule has 1 fully saturated rings. The molecule has 1 unspecified atom stereocenters. The molecule has 3 N–H and O–H groups in total. The van der Waals surface area contributed by atoms with Crippen molar-refractivity contribution in [2.75, 3.05) is 16.8 Å². The van der Waals surface area contributed by atoms with E-state index in [-0.39, 0.29) is 23.2 Å². The number of carbonyl (C=O) groups excluding carboxylic acids is 1. The summed E-state index contributed by atoms with van der Waals surface area (Å²) >= 11 is 0. The Morgan fingerprint density at radius 3 is 2.88 bits per heavy atom. The molecule has 1 saturated heterocycles. The maximum Gasteiger partial charge on any atom is 0.267 e. The lowest BCUT2D eigenvalue weighted by molar-refractivity contribution is 0.0995. The zero-order valence-corrected chi connectivity index (χ0v) is 9.90. The molecule has 1 aliphatic rings. The lowest BCUT2D eigenvalue weighted by Crippen LogP contribution is -2.21. The number of carbonyl (C=O) groups is 1. The summed E-state index contributed by atoms with van der Waals surface area (Å²) < 4.78 is 22.6. The van der Waals surface area contributed by atoms with Gasteiger partial charge < -0.3 is 11.1 Å². The number of hydrogen-bond acceptors (Lipinski definition) is 5. The Morgan fingerprint density at radius 2 is 2.29 bits per heavy atom. The molecular weight excluding hydrogens is 242 g/mol. The van der Waals surface area contributed by atoms with Crippen molar-refractivity contribution in [2.45, 2.75) is 12.5 Å². The molecule has 1 aromatic rings. The third kappa shape index (κ3) is 2.94. The lowest BCUT2D eigenvalue weighted by atomic mass is 10.2. The number of nitrogens with one attached hydrogen (secondary N) is 1. The van der Waals surface area contributed by atoms with Gasteiger partial charge in [0.25, 0.3) is 5.91 Å². The van der Waals surface area contributed by atoms with Gasteiger partial charge in [-0.05, 0) is 18.6 Å². The molecule has 0 spiro atoms. The second kappa shape index (κ2) is 4.33. The number of pyridine rings is 1. The molecule has 1 aromatic heterocycles. The Bertz CT molecular complexity index is 541. The summed E-state index contributed by atoms with van der Waals surface area (Å²) in [4.78, 5) is 14.7. The largest absolute Gasteiger partial charge is 0.381 e. The Balaban J connectivity index is 2.09. The van der Waals surface area contributed by atoms with E-state index in [0.717, 1.165) is 0 Å². The van der Waals surface area contributed by atoms with Crippen LogP contribution >= 0.6 is 0 Å². The maximum absolute atomic E-state index is 11.3. The summed E-state index contributed by atoms with van der Waals surface area (Å²) in [6, 6.07) is 3.09. The Labute approximate surface area is 99.1 Å². The van der Waals surface area contributed by atoms with E-state index in [1.165, 1.54) is 12.3 Å². The Kier molecular flexibility index (Phi) is 3.01. The number of nitrogens with zero attached hydrogens (tertiary/aromatic N) is 1. The van der Waals surface area contributed by atoms with Gasteiger partial charge in [0.05, 0.1) is 11.5 Å². The quantitative estimate of drug-likeness (QED) is 0.777. The third-order valence-electron chi connectivity index (χ3n) is 2.62. The van der Waals surface area contributed by atoms with Crippen LogP contribution in [0.2, 0.25) is 0 Å². The van der Waals surface area contributed by atoms with E-state index in [2.05, 4.69) is 10.3 Å². The molecule has 17 heavy (non-hydrogen) atoms. The highest BCUT2D eigenvalue weighted by molar-refractivity contribution is 7.91. The van der Waals surface area contributed by atoms with Crippen LogP contribution < -0.4 is 11.1 Å². The molecule has 2 rings (SSSR count). The van der Waals surface area contributed by atoms with Crippen molar-refractivity contribution in [1.82, 2.24) is 4.98 Å². The van der Waals surface area contributed by atoms with Crippen LogP contribution in [0.3, 0.4) is 0 Å². The monoisotopic (exact) mass is 255 g/mol. The molecule has 2 heterocycles. The number of aromatic nitrogens is 1. The molecule has 0 aromatic carbocycles. The van der Waals surface area contributed by atoms with Crippen LogP contribution in [-0.2, 0) is 9.84 Å². The predicted molar refractivity (Wildman–Crippen MR) is 63.4 cm³/mol. The minimum absolute atomic E-state index is 0.108. The fourth-order valence-corrected chi connectivity index (χ4v) is 3.47. The van der Waals surface area contributed by atoms with Crippen molar-refractivity contribution in [3.8, 4) is 0 Å². The molecule has 7 heteroatoms. The van der Waals surface area contributed by atoms with Gasteiger partial charge in [-0.1, -0.05) is 0 Å². The number of anilines is 1. The molecular formula is C10H13N3O3S. The number of primary amides is 1. The zero-order chi connectivity index (χ0) is 12.5. The van der Waals surface area contributed by atoms with E-state index in [1.807, 2.05) is 0 Å². The van der Waals surface area contributed by atoms with Gasteiger partial charge in [-0.25, -0.2) is 8.42 Å². The molecule has 0 saturated carbocycles. The fraction of sp³-hybridized carbons (Fsp3) is 0.400. The number of nitrogens with two attached hydrogens (primary N) is 1. The zero-order valence-electron chi connectivity index (χ0n) is 9.09. The Hall–Kier alpha value is -1.63. The third-order valence-corrected chi connectivity index (χ3v) is 4.38. The van der Waals surface area contributed by atoms with Crippen molar-refractivity contribution in [3.63, 3.8) is 0 Å². The van der Waals surface area contributed by atoms with E-state index < -0.39 is 15.7 Å². The van der Waals surface area contributed by atoms with Gasteiger partial charge in [0, 0.05) is 17.9 Å². The van der Waals surface area contributed by atoms with Gasteiger partial charge in [0.1, 0.15) is 5.69 Å². The van der Waals surface area contributed by atoms with Crippen LogP contribution in [0, 0.1) is 0 Å². The Morgan fingerprint density at radius 1 is 1.53 bits per heavy atom. The predicted octanol–water partition coefficient (Wildman–Crippen LogP) is -0.221. The van der Waals surface area contributed by atoms with E-state index in [9.17, 15) is 13.2 Å². The van der Waals surface area contributed by atoms with E-state index in [1.54, 1.807) is 6.07 Å². The first-order valence-corrected chi connectivity index (χ1v) is 7.01. The minimum Gasteiger partial charge on any atom is -0.381 e. The van der Waals surface area contributed by atoms with Crippen LogP contribution in [0.15, 0.2) is 18.3 Å². The normalized spacial score (nSPS) is 22.2. The topological polar surface area (TPSA) is 102 Å². The summed E-state index contributed by atoms with van der Waals surface area (Å²) in [5.41, 5.74) is 5.93. The molecule has 0 bridgehead atoms. The van der Waals surface area contributed by atoms with Crippen LogP contribution in [-0.4, -0.2) is 36.9 Å². The number of amides is 1. The minimum atomic E-state index is -2.91. The van der Waals surface area contributed by atoms with Crippen molar-refractivity contribution in [1.29, 1.82) is 0 Å². The first-order valence-electron chi connectivity index (χ1n) is 5.19. The highest BCUT2D eigenvalue weighted by Gasteiger charge is 2.27.